The Hall–Kier alpha value is -1.40. The summed E-state index contributed by atoms with van der Waals surface area (Å²) in [6.07, 6.45) is 1.08. The fourth-order valence-corrected chi connectivity index (χ4v) is 4.90. The number of methoxy groups -OCH3 is 1. The summed E-state index contributed by atoms with van der Waals surface area (Å²) in [5, 5.41) is 8.58. The summed E-state index contributed by atoms with van der Waals surface area (Å²) in [7, 11) is -2.09. The van der Waals surface area contributed by atoms with Crippen LogP contribution in [0, 0.1) is 12.3 Å². The molecule has 1 fully saturated rings. The van der Waals surface area contributed by atoms with Gasteiger partial charge in [-0.2, -0.15) is 0 Å². The summed E-state index contributed by atoms with van der Waals surface area (Å²) >= 11 is 0. The van der Waals surface area contributed by atoms with E-state index >= 15 is 0 Å². The fraction of sp³-hybridized carbons (Fsp3) is 0.500. The van der Waals surface area contributed by atoms with Gasteiger partial charge in [-0.25, -0.2) is 8.42 Å². The Bertz CT molecular complexity index is 619. The van der Waals surface area contributed by atoms with Gasteiger partial charge >= 0.3 is 5.97 Å². The van der Waals surface area contributed by atoms with Gasteiger partial charge < -0.3 is 9.84 Å². The van der Waals surface area contributed by atoms with Crippen LogP contribution >= 0.6 is 0 Å². The van der Waals surface area contributed by atoms with Crippen molar-refractivity contribution in [3.05, 3.63) is 35.4 Å². The molecule has 3 atom stereocenters. The Balaban J connectivity index is 2.49. The van der Waals surface area contributed by atoms with Crippen LogP contribution in [-0.2, 0) is 19.4 Å². The van der Waals surface area contributed by atoms with Crippen molar-refractivity contribution in [1.29, 1.82) is 0 Å². The number of sulfone groups is 1. The Morgan fingerprint density at radius 3 is 2.30 bits per heavy atom. The van der Waals surface area contributed by atoms with E-state index in [0.29, 0.717) is 0 Å². The van der Waals surface area contributed by atoms with E-state index in [2.05, 4.69) is 0 Å². The van der Waals surface area contributed by atoms with E-state index in [4.69, 9.17) is 4.74 Å². The third-order valence-corrected chi connectivity index (χ3v) is 5.55. The molecule has 0 unspecified atom stereocenters. The Morgan fingerprint density at radius 2 is 1.90 bits per heavy atom. The zero-order chi connectivity index (χ0) is 15.1. The van der Waals surface area contributed by atoms with E-state index in [-0.39, 0.29) is 6.61 Å². The molecule has 20 heavy (non-hydrogen) atoms. The molecule has 0 amide bonds. The first kappa shape index (κ1) is 15.0. The molecule has 1 saturated carbocycles. The lowest BCUT2D eigenvalue weighted by molar-refractivity contribution is -0.145. The summed E-state index contributed by atoms with van der Waals surface area (Å²) in [6.45, 7) is 1.81. The summed E-state index contributed by atoms with van der Waals surface area (Å²) < 4.78 is 28.8. The van der Waals surface area contributed by atoms with Gasteiger partial charge in [0.2, 0.25) is 0 Å². The SMILES string of the molecule is COC[C@]1(C(=O)O)[C@H](c2ccc(C)cc2)[C@H]1S(C)(=O)=O. The molecule has 0 radical (unpaired) electrons. The molecular formula is C14H18O5S. The predicted molar refractivity (Wildman–Crippen MR) is 74.5 cm³/mol. The van der Waals surface area contributed by atoms with Crippen LogP contribution in [0.1, 0.15) is 17.0 Å². The number of hydrogen-bond donors (Lipinski definition) is 1. The number of aliphatic carboxylic acids is 1. The zero-order valence-corrected chi connectivity index (χ0v) is 12.5. The molecule has 1 aromatic rings. The van der Waals surface area contributed by atoms with Crippen LogP contribution in [0.3, 0.4) is 0 Å². The highest BCUT2D eigenvalue weighted by Gasteiger charge is 2.74. The van der Waals surface area contributed by atoms with Crippen LogP contribution in [0.4, 0.5) is 0 Å². The van der Waals surface area contributed by atoms with Crippen LogP contribution in [0.2, 0.25) is 0 Å². The first-order valence-electron chi connectivity index (χ1n) is 6.23. The minimum atomic E-state index is -3.47. The molecule has 5 nitrogen and oxygen atoms in total. The number of rotatable bonds is 5. The maximum Gasteiger partial charge on any atom is 0.314 e. The molecule has 6 heteroatoms. The summed E-state index contributed by atoms with van der Waals surface area (Å²) in [5.74, 6) is -1.68. The van der Waals surface area contributed by atoms with E-state index in [1.54, 1.807) is 12.1 Å². The predicted octanol–water partition coefficient (Wildman–Crippen LogP) is 1.22. The highest BCUT2D eigenvalue weighted by molar-refractivity contribution is 7.91. The van der Waals surface area contributed by atoms with Gasteiger partial charge in [-0.3, -0.25) is 4.79 Å². The second kappa shape index (κ2) is 4.86. The lowest BCUT2D eigenvalue weighted by atomic mass is 9.99. The van der Waals surface area contributed by atoms with Gasteiger partial charge in [-0.1, -0.05) is 29.8 Å². The molecule has 0 aliphatic heterocycles. The average Bonchev–Trinajstić information content (AvgIpc) is 3.01. The van der Waals surface area contributed by atoms with Crippen molar-refractivity contribution in [2.75, 3.05) is 20.0 Å². The highest BCUT2D eigenvalue weighted by atomic mass is 32.2. The van der Waals surface area contributed by atoms with Crippen LogP contribution < -0.4 is 0 Å². The number of carboxylic acid groups (broad SMARTS) is 1. The van der Waals surface area contributed by atoms with Gasteiger partial charge in [0, 0.05) is 19.3 Å². The van der Waals surface area contributed by atoms with Gasteiger partial charge in [0.15, 0.2) is 9.84 Å². The number of aryl methyl sites for hydroxylation is 1. The molecule has 110 valence electrons. The molecule has 0 bridgehead atoms. The molecule has 0 spiro atoms. The molecule has 0 saturated heterocycles. The zero-order valence-electron chi connectivity index (χ0n) is 11.7. The Kier molecular flexibility index (Phi) is 3.64. The summed E-state index contributed by atoms with van der Waals surface area (Å²) in [5.41, 5.74) is 0.390. The molecule has 1 aromatic carbocycles. The van der Waals surface area contributed by atoms with Crippen LogP contribution in [0.5, 0.6) is 0 Å². The third kappa shape index (κ3) is 2.23. The van der Waals surface area contributed by atoms with Crippen molar-refractivity contribution in [2.45, 2.75) is 18.1 Å². The maximum absolute atomic E-state index is 11.9. The first-order valence-corrected chi connectivity index (χ1v) is 8.18. The second-order valence-electron chi connectivity index (χ2n) is 5.42. The monoisotopic (exact) mass is 298 g/mol. The van der Waals surface area contributed by atoms with Crippen LogP contribution in [0.15, 0.2) is 24.3 Å². The summed E-state index contributed by atoms with van der Waals surface area (Å²) in [6, 6.07) is 7.29. The molecule has 1 N–H and O–H groups in total. The highest BCUT2D eigenvalue weighted by Crippen LogP contribution is 2.63. The Labute approximate surface area is 118 Å². The molecule has 1 aliphatic carbocycles. The van der Waals surface area contributed by atoms with Crippen molar-refractivity contribution >= 4 is 15.8 Å². The fourth-order valence-electron chi connectivity index (χ4n) is 3.01. The van der Waals surface area contributed by atoms with Crippen molar-refractivity contribution in [2.24, 2.45) is 5.41 Å². The number of ether oxygens (including phenoxy) is 1. The standard InChI is InChI=1S/C14H18O5S/c1-9-4-6-10(7-5-9)11-12(20(3,17)18)14(11,8-19-2)13(15)16/h4-7,11-12H,8H2,1-3H3,(H,15,16)/t11-,12-,14+/m1/s1. The van der Waals surface area contributed by atoms with Crippen LogP contribution in [-0.4, -0.2) is 44.7 Å². The first-order chi connectivity index (χ1) is 9.25. The van der Waals surface area contributed by atoms with Gasteiger partial charge in [0.25, 0.3) is 0 Å². The number of carbonyl (C=O) groups is 1. The van der Waals surface area contributed by atoms with E-state index in [1.165, 1.54) is 7.11 Å². The lowest BCUT2D eigenvalue weighted by Crippen LogP contribution is -2.28. The molecule has 1 aliphatic rings. The van der Waals surface area contributed by atoms with Gasteiger partial charge in [0.05, 0.1) is 11.9 Å². The average molecular weight is 298 g/mol. The number of carboxylic acids is 1. The normalized spacial score (nSPS) is 29.1. The van der Waals surface area contributed by atoms with Crippen molar-refractivity contribution < 1.29 is 23.1 Å². The summed E-state index contributed by atoms with van der Waals surface area (Å²) in [4.78, 5) is 11.6. The minimum Gasteiger partial charge on any atom is -0.481 e. The van der Waals surface area contributed by atoms with E-state index in [0.717, 1.165) is 17.4 Å². The van der Waals surface area contributed by atoms with Gasteiger partial charge in [-0.05, 0) is 12.5 Å². The maximum atomic E-state index is 11.9. The van der Waals surface area contributed by atoms with Gasteiger partial charge in [0.1, 0.15) is 5.41 Å². The number of benzene rings is 1. The third-order valence-electron chi connectivity index (χ3n) is 3.94. The van der Waals surface area contributed by atoms with Crippen molar-refractivity contribution in [3.8, 4) is 0 Å². The van der Waals surface area contributed by atoms with E-state index < -0.39 is 32.4 Å². The van der Waals surface area contributed by atoms with Crippen LogP contribution in [0.25, 0.3) is 0 Å². The molecule has 0 heterocycles. The molecule has 0 aromatic heterocycles. The molecule has 2 rings (SSSR count). The van der Waals surface area contributed by atoms with Crippen molar-refractivity contribution in [3.63, 3.8) is 0 Å². The minimum absolute atomic E-state index is 0.112. The molecular weight excluding hydrogens is 280 g/mol. The topological polar surface area (TPSA) is 80.7 Å². The smallest absolute Gasteiger partial charge is 0.314 e. The second-order valence-corrected chi connectivity index (χ2v) is 7.58. The Morgan fingerprint density at radius 1 is 1.35 bits per heavy atom. The van der Waals surface area contributed by atoms with E-state index in [9.17, 15) is 18.3 Å². The number of hydrogen-bond acceptors (Lipinski definition) is 4. The quantitative estimate of drug-likeness (QED) is 0.884. The lowest BCUT2D eigenvalue weighted by Gasteiger charge is -2.11. The van der Waals surface area contributed by atoms with Gasteiger partial charge in [-0.15, -0.1) is 0 Å². The van der Waals surface area contributed by atoms with E-state index in [1.807, 2.05) is 19.1 Å². The van der Waals surface area contributed by atoms with Crippen molar-refractivity contribution in [1.82, 2.24) is 0 Å². The largest absolute Gasteiger partial charge is 0.481 e.